The smallest absolute Gasteiger partial charge is 0.115 e. The Morgan fingerprint density at radius 1 is 1.25 bits per heavy atom. The lowest BCUT2D eigenvalue weighted by atomic mass is 10.0. The van der Waals surface area contributed by atoms with E-state index in [4.69, 9.17) is 28.2 Å². The first-order valence-corrected chi connectivity index (χ1v) is 8.37. The predicted octanol–water partition coefficient (Wildman–Crippen LogP) is 4.64. The van der Waals surface area contributed by atoms with E-state index in [1.54, 1.807) is 6.07 Å². The number of fused-ring (bicyclic) bond motifs is 1. The number of nitrogens with zero attached hydrogens (tertiary/aromatic N) is 1. The minimum absolute atomic E-state index is 0.0374. The van der Waals surface area contributed by atoms with Gasteiger partial charge in [-0.15, -0.1) is 11.3 Å². The van der Waals surface area contributed by atoms with Crippen LogP contribution >= 0.6 is 34.5 Å². The van der Waals surface area contributed by atoms with Crippen molar-refractivity contribution >= 4 is 34.5 Å². The highest BCUT2D eigenvalue weighted by atomic mass is 35.5. The second-order valence-corrected chi connectivity index (χ2v) is 6.98. The molecule has 0 bridgehead atoms. The molecular weight excluding hydrogens is 311 g/mol. The molecule has 0 saturated heterocycles. The van der Waals surface area contributed by atoms with Gasteiger partial charge in [0.25, 0.3) is 0 Å². The summed E-state index contributed by atoms with van der Waals surface area (Å²) in [5, 5.41) is 5.77. The quantitative estimate of drug-likeness (QED) is 0.888. The summed E-state index contributed by atoms with van der Waals surface area (Å²) in [6.45, 7) is 0. The van der Waals surface area contributed by atoms with E-state index in [0.29, 0.717) is 10.0 Å². The molecule has 1 N–H and O–H groups in total. The van der Waals surface area contributed by atoms with Gasteiger partial charge in [-0.1, -0.05) is 29.3 Å². The minimum atomic E-state index is 0.0374. The predicted molar refractivity (Wildman–Crippen MR) is 86.1 cm³/mol. The first kappa shape index (κ1) is 14.3. The van der Waals surface area contributed by atoms with E-state index in [0.717, 1.165) is 23.4 Å². The Balaban J connectivity index is 1.98. The molecule has 106 valence electrons. The Bertz CT molecular complexity index is 601. The Hall–Kier alpha value is -0.610. The van der Waals surface area contributed by atoms with Crippen molar-refractivity contribution in [1.29, 1.82) is 0 Å². The zero-order valence-electron chi connectivity index (χ0n) is 11.2. The van der Waals surface area contributed by atoms with E-state index in [9.17, 15) is 0 Å². The van der Waals surface area contributed by atoms with Gasteiger partial charge in [-0.3, -0.25) is 0 Å². The van der Waals surface area contributed by atoms with Crippen LogP contribution in [0.4, 0.5) is 0 Å². The fourth-order valence-corrected chi connectivity index (χ4v) is 4.44. The number of aryl methyl sites for hydroxylation is 2. The fraction of sp³-hybridized carbons (Fsp3) is 0.400. The van der Waals surface area contributed by atoms with Crippen LogP contribution < -0.4 is 5.32 Å². The number of halogens is 2. The van der Waals surface area contributed by atoms with Crippen molar-refractivity contribution in [2.45, 2.75) is 31.7 Å². The summed E-state index contributed by atoms with van der Waals surface area (Å²) in [6, 6.07) is 5.68. The molecule has 1 aliphatic rings. The zero-order valence-corrected chi connectivity index (χ0v) is 13.6. The second kappa shape index (κ2) is 6.02. The molecule has 0 aliphatic heterocycles. The van der Waals surface area contributed by atoms with Crippen LogP contribution in [-0.4, -0.2) is 12.0 Å². The Kier molecular flexibility index (Phi) is 4.32. The van der Waals surface area contributed by atoms with Gasteiger partial charge >= 0.3 is 0 Å². The molecule has 1 unspecified atom stereocenters. The standard InChI is InChI=1S/C15H16Cl2N2S/c1-18-14(10-7-6-9(16)8-11(10)17)15-19-12-4-2-3-5-13(12)20-15/h6-8,14,18H,2-5H2,1H3. The van der Waals surface area contributed by atoms with Crippen LogP contribution in [0.25, 0.3) is 0 Å². The SMILES string of the molecule is CNC(c1nc2c(s1)CCCC2)c1ccc(Cl)cc1Cl. The van der Waals surface area contributed by atoms with Crippen molar-refractivity contribution in [3.05, 3.63) is 49.4 Å². The lowest BCUT2D eigenvalue weighted by Crippen LogP contribution is -2.18. The molecule has 0 radical (unpaired) electrons. The lowest BCUT2D eigenvalue weighted by Gasteiger charge is -2.15. The van der Waals surface area contributed by atoms with E-state index in [1.807, 2.05) is 30.5 Å². The summed E-state index contributed by atoms with van der Waals surface area (Å²) in [6.07, 6.45) is 4.80. The van der Waals surface area contributed by atoms with E-state index < -0.39 is 0 Å². The lowest BCUT2D eigenvalue weighted by molar-refractivity contribution is 0.661. The molecule has 2 nitrogen and oxygen atoms in total. The molecule has 1 atom stereocenters. The third kappa shape index (κ3) is 2.73. The molecule has 0 amide bonds. The van der Waals surface area contributed by atoms with Gasteiger partial charge in [0.2, 0.25) is 0 Å². The number of aromatic nitrogens is 1. The first-order valence-electron chi connectivity index (χ1n) is 6.79. The Labute approximate surface area is 133 Å². The topological polar surface area (TPSA) is 24.9 Å². The molecule has 5 heteroatoms. The van der Waals surface area contributed by atoms with Crippen LogP contribution in [0.2, 0.25) is 10.0 Å². The molecular formula is C15H16Cl2N2S. The van der Waals surface area contributed by atoms with Gasteiger partial charge in [0.1, 0.15) is 5.01 Å². The number of hydrogen-bond donors (Lipinski definition) is 1. The molecule has 1 aromatic heterocycles. The number of benzene rings is 1. The maximum absolute atomic E-state index is 6.33. The second-order valence-electron chi connectivity index (χ2n) is 5.02. The number of hydrogen-bond acceptors (Lipinski definition) is 3. The maximum Gasteiger partial charge on any atom is 0.115 e. The highest BCUT2D eigenvalue weighted by molar-refractivity contribution is 7.11. The average molecular weight is 327 g/mol. The van der Waals surface area contributed by atoms with Gasteiger partial charge in [0, 0.05) is 14.9 Å². The van der Waals surface area contributed by atoms with Crippen molar-refractivity contribution in [2.75, 3.05) is 7.05 Å². The third-order valence-corrected chi connectivity index (χ3v) is 5.46. The average Bonchev–Trinajstić information content (AvgIpc) is 2.85. The van der Waals surface area contributed by atoms with Crippen molar-refractivity contribution in [2.24, 2.45) is 0 Å². The van der Waals surface area contributed by atoms with Gasteiger partial charge in [0.15, 0.2) is 0 Å². The molecule has 2 aromatic rings. The van der Waals surface area contributed by atoms with Crippen molar-refractivity contribution < 1.29 is 0 Å². The van der Waals surface area contributed by atoms with Crippen LogP contribution in [0.3, 0.4) is 0 Å². The molecule has 0 fully saturated rings. The molecule has 0 spiro atoms. The van der Waals surface area contributed by atoms with E-state index >= 15 is 0 Å². The van der Waals surface area contributed by atoms with Gasteiger partial charge in [0.05, 0.1) is 11.7 Å². The summed E-state index contributed by atoms with van der Waals surface area (Å²) in [5.41, 5.74) is 2.31. The number of nitrogens with one attached hydrogen (secondary N) is 1. The molecule has 20 heavy (non-hydrogen) atoms. The van der Waals surface area contributed by atoms with Gasteiger partial charge < -0.3 is 5.32 Å². The van der Waals surface area contributed by atoms with Crippen molar-refractivity contribution in [1.82, 2.24) is 10.3 Å². The van der Waals surface area contributed by atoms with Crippen LogP contribution in [0.5, 0.6) is 0 Å². The van der Waals surface area contributed by atoms with E-state index in [-0.39, 0.29) is 6.04 Å². The molecule has 1 aliphatic carbocycles. The molecule has 0 saturated carbocycles. The zero-order chi connectivity index (χ0) is 14.1. The van der Waals surface area contributed by atoms with Crippen LogP contribution in [0, 0.1) is 0 Å². The summed E-state index contributed by atoms with van der Waals surface area (Å²) in [4.78, 5) is 6.27. The summed E-state index contributed by atoms with van der Waals surface area (Å²) < 4.78 is 0. The highest BCUT2D eigenvalue weighted by Gasteiger charge is 2.22. The number of thiazole rings is 1. The number of rotatable bonds is 3. The van der Waals surface area contributed by atoms with Gasteiger partial charge in [-0.05, 0) is 50.4 Å². The normalized spacial score (nSPS) is 15.9. The van der Waals surface area contributed by atoms with Crippen LogP contribution in [0.1, 0.15) is 40.0 Å². The molecule has 1 heterocycles. The van der Waals surface area contributed by atoms with E-state index in [1.165, 1.54) is 23.4 Å². The first-order chi connectivity index (χ1) is 9.69. The Morgan fingerprint density at radius 2 is 2.05 bits per heavy atom. The summed E-state index contributed by atoms with van der Waals surface area (Å²) >= 11 is 14.1. The van der Waals surface area contributed by atoms with Crippen LogP contribution in [-0.2, 0) is 12.8 Å². The fourth-order valence-electron chi connectivity index (χ4n) is 2.64. The van der Waals surface area contributed by atoms with Crippen molar-refractivity contribution in [3.63, 3.8) is 0 Å². The van der Waals surface area contributed by atoms with Crippen LogP contribution in [0.15, 0.2) is 18.2 Å². The minimum Gasteiger partial charge on any atom is -0.307 e. The third-order valence-electron chi connectivity index (χ3n) is 3.67. The van der Waals surface area contributed by atoms with Gasteiger partial charge in [-0.2, -0.15) is 0 Å². The monoisotopic (exact) mass is 326 g/mol. The molecule has 3 rings (SSSR count). The summed E-state index contributed by atoms with van der Waals surface area (Å²) in [7, 11) is 1.94. The Morgan fingerprint density at radius 3 is 2.75 bits per heavy atom. The maximum atomic E-state index is 6.33. The van der Waals surface area contributed by atoms with Crippen molar-refractivity contribution in [3.8, 4) is 0 Å². The summed E-state index contributed by atoms with van der Waals surface area (Å²) in [5.74, 6) is 0. The molecule has 1 aromatic carbocycles. The largest absolute Gasteiger partial charge is 0.307 e. The van der Waals surface area contributed by atoms with Gasteiger partial charge in [-0.25, -0.2) is 4.98 Å². The van der Waals surface area contributed by atoms with E-state index in [2.05, 4.69) is 5.32 Å². The highest BCUT2D eigenvalue weighted by Crippen LogP contribution is 2.35.